The van der Waals surface area contributed by atoms with E-state index in [0.29, 0.717) is 16.1 Å². The van der Waals surface area contributed by atoms with Crippen molar-refractivity contribution in [2.24, 2.45) is 0 Å². The maximum Gasteiger partial charge on any atom is 0.255 e. The minimum absolute atomic E-state index is 0.0623. The summed E-state index contributed by atoms with van der Waals surface area (Å²) in [5.41, 5.74) is -0.227. The second kappa shape index (κ2) is 9.96. The standard InChI is InChI=1S/C25H16F4N2O2S/c26-19-12-20(27)23(29)24(22(19)28)31-21(32)13-34-18-7-3-6-17(11-18)30-25(33)16-9-8-14-4-1-2-5-15(14)10-16/h1-12H,13H2,(H,30,33)(H,31,32). The zero-order chi connectivity index (χ0) is 24.2. The first kappa shape index (κ1) is 23.3. The van der Waals surface area contributed by atoms with E-state index in [0.717, 1.165) is 22.5 Å². The van der Waals surface area contributed by atoms with Crippen LogP contribution in [0.5, 0.6) is 0 Å². The van der Waals surface area contributed by atoms with Crippen molar-refractivity contribution >= 4 is 45.7 Å². The van der Waals surface area contributed by atoms with Crippen LogP contribution < -0.4 is 10.6 Å². The highest BCUT2D eigenvalue weighted by Gasteiger charge is 2.21. The van der Waals surface area contributed by atoms with Crippen LogP contribution in [0.4, 0.5) is 28.9 Å². The van der Waals surface area contributed by atoms with E-state index in [1.165, 1.54) is 0 Å². The first-order chi connectivity index (χ1) is 16.3. The van der Waals surface area contributed by atoms with Crippen molar-refractivity contribution < 1.29 is 27.2 Å². The van der Waals surface area contributed by atoms with Crippen LogP contribution in [0.1, 0.15) is 10.4 Å². The quantitative estimate of drug-likeness (QED) is 0.190. The molecule has 0 saturated carbocycles. The van der Waals surface area contributed by atoms with E-state index in [9.17, 15) is 27.2 Å². The van der Waals surface area contributed by atoms with E-state index in [2.05, 4.69) is 5.32 Å². The maximum atomic E-state index is 13.7. The van der Waals surface area contributed by atoms with Gasteiger partial charge >= 0.3 is 0 Å². The number of nitrogens with one attached hydrogen (secondary N) is 2. The number of fused-ring (bicyclic) bond motifs is 1. The van der Waals surface area contributed by atoms with Crippen molar-refractivity contribution in [1.82, 2.24) is 0 Å². The van der Waals surface area contributed by atoms with Crippen molar-refractivity contribution in [3.05, 3.63) is 102 Å². The van der Waals surface area contributed by atoms with Gasteiger partial charge in [-0.1, -0.05) is 36.4 Å². The molecule has 0 bridgehead atoms. The Morgan fingerprint density at radius 3 is 2.18 bits per heavy atom. The summed E-state index contributed by atoms with van der Waals surface area (Å²) in [4.78, 5) is 25.3. The molecule has 4 nitrogen and oxygen atoms in total. The zero-order valence-corrected chi connectivity index (χ0v) is 18.2. The van der Waals surface area contributed by atoms with Gasteiger partial charge in [0, 0.05) is 22.2 Å². The molecule has 0 spiro atoms. The molecule has 0 aromatic heterocycles. The monoisotopic (exact) mass is 484 g/mol. The van der Waals surface area contributed by atoms with E-state index in [-0.39, 0.29) is 17.7 Å². The van der Waals surface area contributed by atoms with Gasteiger partial charge in [-0.3, -0.25) is 9.59 Å². The first-order valence-electron chi connectivity index (χ1n) is 9.97. The molecule has 9 heteroatoms. The molecule has 4 aromatic rings. The van der Waals surface area contributed by atoms with Gasteiger partial charge in [0.2, 0.25) is 5.91 Å². The number of hydrogen-bond acceptors (Lipinski definition) is 3. The largest absolute Gasteiger partial charge is 0.322 e. The number of rotatable bonds is 6. The maximum absolute atomic E-state index is 13.7. The van der Waals surface area contributed by atoms with Gasteiger partial charge in [-0.05, 0) is 41.1 Å². The minimum atomic E-state index is -1.68. The number of carbonyl (C=O) groups is 2. The predicted molar refractivity (Wildman–Crippen MR) is 124 cm³/mol. The summed E-state index contributed by atoms with van der Waals surface area (Å²) >= 11 is 1.01. The van der Waals surface area contributed by atoms with E-state index in [1.54, 1.807) is 36.4 Å². The average molecular weight is 484 g/mol. The molecule has 0 atom stereocenters. The number of carbonyl (C=O) groups excluding carboxylic acids is 2. The van der Waals surface area contributed by atoms with Crippen LogP contribution in [0.3, 0.4) is 0 Å². The summed E-state index contributed by atoms with van der Waals surface area (Å²) in [5.74, 6) is -8.07. The lowest BCUT2D eigenvalue weighted by molar-refractivity contribution is -0.113. The molecule has 0 aliphatic heterocycles. The molecule has 0 heterocycles. The Morgan fingerprint density at radius 2 is 1.44 bits per heavy atom. The van der Waals surface area contributed by atoms with Crippen LogP contribution in [0, 0.1) is 23.3 Å². The van der Waals surface area contributed by atoms with Gasteiger partial charge in [0.15, 0.2) is 23.3 Å². The smallest absolute Gasteiger partial charge is 0.255 e. The molecular formula is C25H16F4N2O2S. The van der Waals surface area contributed by atoms with Crippen LogP contribution >= 0.6 is 11.8 Å². The molecule has 2 amide bonds. The van der Waals surface area contributed by atoms with Crippen LogP contribution in [0.15, 0.2) is 77.7 Å². The zero-order valence-electron chi connectivity index (χ0n) is 17.4. The fraction of sp³-hybridized carbons (Fsp3) is 0.0400. The molecule has 0 fully saturated rings. The molecule has 4 rings (SSSR count). The van der Waals surface area contributed by atoms with E-state index in [1.807, 2.05) is 35.6 Å². The molecule has 0 radical (unpaired) electrons. The van der Waals surface area contributed by atoms with Crippen LogP contribution in [-0.4, -0.2) is 17.6 Å². The summed E-state index contributed by atoms with van der Waals surface area (Å²) in [5, 5.41) is 6.57. The lowest BCUT2D eigenvalue weighted by atomic mass is 10.1. The molecule has 4 aromatic carbocycles. The van der Waals surface area contributed by atoms with Gasteiger partial charge in [-0.2, -0.15) is 0 Å². The summed E-state index contributed by atoms with van der Waals surface area (Å²) in [6.07, 6.45) is 0. The lowest BCUT2D eigenvalue weighted by Gasteiger charge is -2.10. The lowest BCUT2D eigenvalue weighted by Crippen LogP contribution is -2.17. The van der Waals surface area contributed by atoms with Gasteiger partial charge in [-0.15, -0.1) is 11.8 Å². The third-order valence-electron chi connectivity index (χ3n) is 4.85. The third kappa shape index (κ3) is 5.20. The molecule has 172 valence electrons. The fourth-order valence-electron chi connectivity index (χ4n) is 3.20. The summed E-state index contributed by atoms with van der Waals surface area (Å²) in [7, 11) is 0. The summed E-state index contributed by atoms with van der Waals surface area (Å²) in [6, 6.07) is 19.7. The Balaban J connectivity index is 1.40. The number of benzene rings is 4. The van der Waals surface area contributed by atoms with E-state index < -0.39 is 34.9 Å². The molecule has 34 heavy (non-hydrogen) atoms. The predicted octanol–water partition coefficient (Wildman–Crippen LogP) is 6.38. The number of anilines is 2. The van der Waals surface area contributed by atoms with Gasteiger partial charge in [-0.25, -0.2) is 17.6 Å². The Labute approximate surface area is 196 Å². The highest BCUT2D eigenvalue weighted by atomic mass is 32.2. The Hall–Kier alpha value is -3.85. The molecule has 0 aliphatic carbocycles. The van der Waals surface area contributed by atoms with Gasteiger partial charge < -0.3 is 10.6 Å². The van der Waals surface area contributed by atoms with Crippen molar-refractivity contribution in [3.8, 4) is 0 Å². The topological polar surface area (TPSA) is 58.2 Å². The fourth-order valence-corrected chi connectivity index (χ4v) is 3.96. The van der Waals surface area contributed by atoms with Crippen molar-refractivity contribution in [3.63, 3.8) is 0 Å². The van der Waals surface area contributed by atoms with Gasteiger partial charge in [0.25, 0.3) is 5.91 Å². The van der Waals surface area contributed by atoms with Crippen LogP contribution in [-0.2, 0) is 4.79 Å². The molecular weight excluding hydrogens is 468 g/mol. The average Bonchev–Trinajstić information content (AvgIpc) is 2.84. The van der Waals surface area contributed by atoms with Crippen molar-refractivity contribution in [1.29, 1.82) is 0 Å². The second-order valence-electron chi connectivity index (χ2n) is 7.22. The molecule has 0 saturated heterocycles. The normalized spacial score (nSPS) is 10.8. The van der Waals surface area contributed by atoms with Crippen molar-refractivity contribution in [2.45, 2.75) is 4.90 Å². The molecule has 0 aliphatic rings. The summed E-state index contributed by atoms with van der Waals surface area (Å²) in [6.45, 7) is 0. The Bertz CT molecular complexity index is 1390. The Kier molecular flexibility index (Phi) is 6.83. The van der Waals surface area contributed by atoms with Gasteiger partial charge in [0.05, 0.1) is 5.75 Å². The van der Waals surface area contributed by atoms with E-state index in [4.69, 9.17) is 0 Å². The van der Waals surface area contributed by atoms with Gasteiger partial charge in [0.1, 0.15) is 5.69 Å². The minimum Gasteiger partial charge on any atom is -0.322 e. The highest BCUT2D eigenvalue weighted by Crippen LogP contribution is 2.26. The number of halogens is 4. The molecule has 0 unspecified atom stereocenters. The first-order valence-corrected chi connectivity index (χ1v) is 11.0. The SMILES string of the molecule is O=C(CSc1cccc(NC(=O)c2ccc3ccccc3c2)c1)Nc1c(F)c(F)cc(F)c1F. The van der Waals surface area contributed by atoms with Crippen LogP contribution in [0.25, 0.3) is 10.8 Å². The number of thioether (sulfide) groups is 1. The molecule has 2 N–H and O–H groups in total. The Morgan fingerprint density at radius 1 is 0.735 bits per heavy atom. The van der Waals surface area contributed by atoms with Crippen LogP contribution in [0.2, 0.25) is 0 Å². The summed E-state index contributed by atoms with van der Waals surface area (Å²) < 4.78 is 54.0. The second-order valence-corrected chi connectivity index (χ2v) is 8.27. The number of amides is 2. The van der Waals surface area contributed by atoms with E-state index >= 15 is 0 Å². The highest BCUT2D eigenvalue weighted by molar-refractivity contribution is 8.00. The van der Waals surface area contributed by atoms with Crippen molar-refractivity contribution in [2.75, 3.05) is 16.4 Å². The third-order valence-corrected chi connectivity index (χ3v) is 5.84. The number of hydrogen-bond donors (Lipinski definition) is 2.